The van der Waals surface area contributed by atoms with E-state index in [9.17, 15) is 9.59 Å². The first-order valence-corrected chi connectivity index (χ1v) is 11.2. The molecule has 2 aliphatic rings. The lowest BCUT2D eigenvalue weighted by atomic mass is 10.0. The fourth-order valence-electron chi connectivity index (χ4n) is 3.91. The Morgan fingerprint density at radius 2 is 2.03 bits per heavy atom. The van der Waals surface area contributed by atoms with Gasteiger partial charge in [0.05, 0.1) is 31.9 Å². The van der Waals surface area contributed by atoms with E-state index in [-0.39, 0.29) is 18.5 Å². The van der Waals surface area contributed by atoms with Gasteiger partial charge in [-0.15, -0.1) is 11.3 Å². The Balaban J connectivity index is 1.42. The summed E-state index contributed by atoms with van der Waals surface area (Å²) in [6.45, 7) is 4.49. The first-order valence-electron chi connectivity index (χ1n) is 10.3. The maximum Gasteiger partial charge on any atom is 0.341 e. The molecule has 1 saturated heterocycles. The van der Waals surface area contributed by atoms with Crippen molar-refractivity contribution in [2.24, 2.45) is 0 Å². The average Bonchev–Trinajstić information content (AvgIpc) is 3.31. The van der Waals surface area contributed by atoms with Gasteiger partial charge < -0.3 is 19.5 Å². The molecule has 0 radical (unpaired) electrons. The molecule has 30 heavy (non-hydrogen) atoms. The van der Waals surface area contributed by atoms with Crippen molar-refractivity contribution in [3.63, 3.8) is 0 Å². The van der Waals surface area contributed by atoms with E-state index in [2.05, 4.69) is 16.3 Å². The standard InChI is InChI=1S/C22H26N2O5S/c1-2-27-22(26)16-8-12-30-21(16)23-20(25)14-24-9-3-5-17(24)15-6-7-18-19(13-15)29-11-4-10-28-18/h6-8,12-13,17H,2-5,9-11,14H2,1H3,(H,23,25). The molecule has 0 saturated carbocycles. The van der Waals surface area contributed by atoms with Gasteiger partial charge in [0.1, 0.15) is 5.00 Å². The summed E-state index contributed by atoms with van der Waals surface area (Å²) in [5.74, 6) is 1.01. The number of rotatable bonds is 6. The van der Waals surface area contributed by atoms with E-state index in [0.29, 0.717) is 30.4 Å². The number of likely N-dealkylation sites (tertiary alicyclic amines) is 1. The lowest BCUT2D eigenvalue weighted by Gasteiger charge is -2.25. The number of anilines is 1. The number of thiophene rings is 1. The number of fused-ring (bicyclic) bond motifs is 1. The SMILES string of the molecule is CCOC(=O)c1ccsc1NC(=O)CN1CCCC1c1ccc2c(c1)OCCCO2. The summed E-state index contributed by atoms with van der Waals surface area (Å²) in [5, 5.41) is 5.19. The highest BCUT2D eigenvalue weighted by molar-refractivity contribution is 7.14. The molecule has 1 N–H and O–H groups in total. The van der Waals surface area contributed by atoms with Crippen LogP contribution in [0, 0.1) is 0 Å². The van der Waals surface area contributed by atoms with Crippen molar-refractivity contribution in [1.29, 1.82) is 0 Å². The number of hydrogen-bond donors (Lipinski definition) is 1. The van der Waals surface area contributed by atoms with Crippen molar-refractivity contribution in [1.82, 2.24) is 4.90 Å². The van der Waals surface area contributed by atoms with Crippen molar-refractivity contribution in [3.05, 3.63) is 40.8 Å². The van der Waals surface area contributed by atoms with Crippen LogP contribution in [-0.4, -0.2) is 49.7 Å². The van der Waals surface area contributed by atoms with Crippen LogP contribution in [0.5, 0.6) is 11.5 Å². The molecule has 3 heterocycles. The van der Waals surface area contributed by atoms with Crippen LogP contribution in [0.3, 0.4) is 0 Å². The van der Waals surface area contributed by atoms with E-state index in [0.717, 1.165) is 42.9 Å². The second-order valence-electron chi connectivity index (χ2n) is 7.32. The Morgan fingerprint density at radius 3 is 2.87 bits per heavy atom. The molecular formula is C22H26N2O5S. The van der Waals surface area contributed by atoms with E-state index < -0.39 is 5.97 Å². The molecule has 2 aromatic rings. The first kappa shape index (κ1) is 20.7. The molecule has 1 fully saturated rings. The summed E-state index contributed by atoms with van der Waals surface area (Å²) in [7, 11) is 0. The molecule has 2 aliphatic heterocycles. The third kappa shape index (κ3) is 4.60. The summed E-state index contributed by atoms with van der Waals surface area (Å²) < 4.78 is 16.6. The number of hydrogen-bond acceptors (Lipinski definition) is 7. The topological polar surface area (TPSA) is 77.1 Å². The Labute approximate surface area is 179 Å². The fourth-order valence-corrected chi connectivity index (χ4v) is 4.70. The van der Waals surface area contributed by atoms with Gasteiger partial charge in [-0.25, -0.2) is 4.79 Å². The van der Waals surface area contributed by atoms with Gasteiger partial charge in [-0.1, -0.05) is 6.07 Å². The zero-order valence-electron chi connectivity index (χ0n) is 17.0. The number of amides is 1. The summed E-state index contributed by atoms with van der Waals surface area (Å²) in [6.07, 6.45) is 2.88. The Hall–Kier alpha value is -2.58. The van der Waals surface area contributed by atoms with Crippen LogP contribution in [0.25, 0.3) is 0 Å². The molecule has 0 bridgehead atoms. The van der Waals surface area contributed by atoms with Gasteiger partial charge in [0.2, 0.25) is 5.91 Å². The zero-order valence-corrected chi connectivity index (χ0v) is 17.8. The lowest BCUT2D eigenvalue weighted by Crippen LogP contribution is -2.33. The molecule has 0 spiro atoms. The van der Waals surface area contributed by atoms with Crippen molar-refractivity contribution >= 4 is 28.2 Å². The number of carbonyl (C=O) groups excluding carboxylic acids is 2. The fraction of sp³-hybridized carbons (Fsp3) is 0.455. The highest BCUT2D eigenvalue weighted by atomic mass is 32.1. The summed E-state index contributed by atoms with van der Waals surface area (Å²) >= 11 is 1.32. The Kier molecular flexibility index (Phi) is 6.54. The number of benzene rings is 1. The van der Waals surface area contributed by atoms with Gasteiger partial charge in [0, 0.05) is 12.5 Å². The van der Waals surface area contributed by atoms with E-state index in [1.165, 1.54) is 11.3 Å². The van der Waals surface area contributed by atoms with Gasteiger partial charge in [-0.05, 0) is 55.5 Å². The number of nitrogens with zero attached hydrogens (tertiary/aromatic N) is 1. The van der Waals surface area contributed by atoms with Gasteiger partial charge >= 0.3 is 5.97 Å². The molecule has 4 rings (SSSR count). The van der Waals surface area contributed by atoms with E-state index in [1.54, 1.807) is 18.4 Å². The summed E-state index contributed by atoms with van der Waals surface area (Å²) in [6, 6.07) is 7.89. The van der Waals surface area contributed by atoms with Gasteiger partial charge in [0.15, 0.2) is 11.5 Å². The average molecular weight is 431 g/mol. The molecular weight excluding hydrogens is 404 g/mol. The number of ether oxygens (including phenoxy) is 3. The number of esters is 1. The monoisotopic (exact) mass is 430 g/mol. The van der Waals surface area contributed by atoms with Crippen LogP contribution in [0.4, 0.5) is 5.00 Å². The Morgan fingerprint density at radius 1 is 1.20 bits per heavy atom. The predicted molar refractivity (Wildman–Crippen MR) is 115 cm³/mol. The molecule has 1 amide bonds. The van der Waals surface area contributed by atoms with Crippen molar-refractivity contribution in [3.8, 4) is 11.5 Å². The quantitative estimate of drug-likeness (QED) is 0.702. The minimum absolute atomic E-state index is 0.135. The maximum atomic E-state index is 12.7. The molecule has 1 aromatic carbocycles. The molecule has 0 aliphatic carbocycles. The normalized spacial score (nSPS) is 18.6. The van der Waals surface area contributed by atoms with Crippen LogP contribution < -0.4 is 14.8 Å². The second kappa shape index (κ2) is 9.49. The van der Waals surface area contributed by atoms with Crippen molar-refractivity contribution in [2.75, 3.05) is 38.2 Å². The molecule has 1 unspecified atom stereocenters. The highest BCUT2D eigenvalue weighted by Gasteiger charge is 2.29. The minimum Gasteiger partial charge on any atom is -0.490 e. The summed E-state index contributed by atoms with van der Waals surface area (Å²) in [5.41, 5.74) is 1.53. The molecule has 1 atom stereocenters. The second-order valence-corrected chi connectivity index (χ2v) is 8.23. The highest BCUT2D eigenvalue weighted by Crippen LogP contribution is 2.37. The van der Waals surface area contributed by atoms with Crippen LogP contribution in [0.15, 0.2) is 29.6 Å². The zero-order chi connectivity index (χ0) is 20.9. The third-order valence-electron chi connectivity index (χ3n) is 5.28. The van der Waals surface area contributed by atoms with E-state index >= 15 is 0 Å². The van der Waals surface area contributed by atoms with Crippen LogP contribution in [-0.2, 0) is 9.53 Å². The van der Waals surface area contributed by atoms with Crippen LogP contribution in [0.2, 0.25) is 0 Å². The molecule has 160 valence electrons. The van der Waals surface area contributed by atoms with Gasteiger partial charge in [0.25, 0.3) is 0 Å². The van der Waals surface area contributed by atoms with Crippen molar-refractivity contribution in [2.45, 2.75) is 32.2 Å². The minimum atomic E-state index is -0.416. The lowest BCUT2D eigenvalue weighted by molar-refractivity contribution is -0.117. The largest absolute Gasteiger partial charge is 0.490 e. The first-order chi connectivity index (χ1) is 14.7. The van der Waals surface area contributed by atoms with Crippen molar-refractivity contribution < 1.29 is 23.8 Å². The predicted octanol–water partition coefficient (Wildman–Crippen LogP) is 3.86. The summed E-state index contributed by atoms with van der Waals surface area (Å²) in [4.78, 5) is 26.9. The smallest absolute Gasteiger partial charge is 0.341 e. The number of carbonyl (C=O) groups is 2. The third-order valence-corrected chi connectivity index (χ3v) is 6.11. The van der Waals surface area contributed by atoms with Crippen LogP contribution in [0.1, 0.15) is 48.1 Å². The Bertz CT molecular complexity index is 913. The van der Waals surface area contributed by atoms with E-state index in [4.69, 9.17) is 14.2 Å². The maximum absolute atomic E-state index is 12.7. The molecule has 8 heteroatoms. The van der Waals surface area contributed by atoms with E-state index in [1.807, 2.05) is 12.1 Å². The number of nitrogens with one attached hydrogen (secondary N) is 1. The van der Waals surface area contributed by atoms with Gasteiger partial charge in [-0.3, -0.25) is 9.69 Å². The van der Waals surface area contributed by atoms with Gasteiger partial charge in [-0.2, -0.15) is 0 Å². The molecule has 1 aromatic heterocycles. The molecule has 7 nitrogen and oxygen atoms in total. The van der Waals surface area contributed by atoms with Crippen LogP contribution >= 0.6 is 11.3 Å².